The highest BCUT2D eigenvalue weighted by atomic mass is 35.5. The number of hydrogen-bond donors (Lipinski definition) is 0. The number of rotatable bonds is 7. The first kappa shape index (κ1) is 23.1. The topological polar surface area (TPSA) is 60.9 Å². The van der Waals surface area contributed by atoms with Crippen LogP contribution < -0.4 is 9.47 Å². The minimum atomic E-state index is -0.119. The molecule has 1 aromatic heterocycles. The van der Waals surface area contributed by atoms with Crippen molar-refractivity contribution in [2.45, 2.75) is 13.5 Å². The van der Waals surface area contributed by atoms with Gasteiger partial charge < -0.3 is 19.1 Å². The zero-order valence-electron chi connectivity index (χ0n) is 19.6. The molecule has 178 valence electrons. The van der Waals surface area contributed by atoms with E-state index in [4.69, 9.17) is 30.8 Å². The smallest absolute Gasteiger partial charge is 0.254 e. The highest BCUT2D eigenvalue weighted by molar-refractivity contribution is 6.31. The lowest BCUT2D eigenvalue weighted by Crippen LogP contribution is -2.33. The van der Waals surface area contributed by atoms with Crippen LogP contribution >= 0.6 is 11.6 Å². The summed E-state index contributed by atoms with van der Waals surface area (Å²) >= 11 is 6.25. The van der Waals surface area contributed by atoms with Gasteiger partial charge >= 0.3 is 0 Å². The highest BCUT2D eigenvalue weighted by Gasteiger charge is 2.22. The molecule has 2 heterocycles. The van der Waals surface area contributed by atoms with Crippen molar-refractivity contribution in [3.63, 3.8) is 0 Å². The molecule has 0 N–H and O–H groups in total. The Labute approximate surface area is 209 Å². The number of aromatic nitrogens is 1. The molecule has 0 atom stereocenters. The Kier molecular flexibility index (Phi) is 6.57. The molecule has 0 unspecified atom stereocenters. The van der Waals surface area contributed by atoms with Crippen molar-refractivity contribution in [2.24, 2.45) is 0 Å². The van der Waals surface area contributed by atoms with Crippen LogP contribution in [-0.2, 0) is 11.3 Å². The molecule has 6 nitrogen and oxygen atoms in total. The number of methoxy groups -OCH3 is 1. The SMILES string of the molecule is COCCN(Cc1cc2ccc(Cl)cc2nc1-c1cccc(C)c1)C(=O)c1ccc2c(c1)OCO2. The van der Waals surface area contributed by atoms with Crippen molar-refractivity contribution in [3.05, 3.63) is 88.4 Å². The summed E-state index contributed by atoms with van der Waals surface area (Å²) < 4.78 is 16.2. The van der Waals surface area contributed by atoms with Crippen LogP contribution in [0, 0.1) is 6.92 Å². The molecule has 0 saturated heterocycles. The number of carbonyl (C=O) groups is 1. The van der Waals surface area contributed by atoms with Gasteiger partial charge in [-0.3, -0.25) is 4.79 Å². The molecule has 5 rings (SSSR count). The predicted octanol–water partition coefficient (Wildman–Crippen LogP) is 5.88. The Morgan fingerprint density at radius 2 is 1.91 bits per heavy atom. The van der Waals surface area contributed by atoms with E-state index in [-0.39, 0.29) is 12.7 Å². The number of carbonyl (C=O) groups excluding carboxylic acids is 1. The summed E-state index contributed by atoms with van der Waals surface area (Å²) in [5.41, 5.74) is 5.23. The van der Waals surface area contributed by atoms with Gasteiger partial charge in [0.05, 0.1) is 17.8 Å². The van der Waals surface area contributed by atoms with Crippen LogP contribution in [0.4, 0.5) is 0 Å². The summed E-state index contributed by atoms with van der Waals surface area (Å²) in [6, 6.07) is 21.2. The third kappa shape index (κ3) is 4.94. The number of fused-ring (bicyclic) bond motifs is 2. The van der Waals surface area contributed by atoms with Crippen molar-refractivity contribution in [1.82, 2.24) is 9.88 Å². The van der Waals surface area contributed by atoms with Gasteiger partial charge in [-0.25, -0.2) is 4.98 Å². The number of hydrogen-bond acceptors (Lipinski definition) is 5. The summed E-state index contributed by atoms with van der Waals surface area (Å²) in [6.45, 7) is 3.41. The first-order valence-electron chi connectivity index (χ1n) is 11.4. The summed E-state index contributed by atoms with van der Waals surface area (Å²) in [4.78, 5) is 20.3. The minimum absolute atomic E-state index is 0.119. The Bertz CT molecular complexity index is 1410. The number of pyridine rings is 1. The molecule has 0 fully saturated rings. The van der Waals surface area contributed by atoms with Crippen LogP contribution in [0.1, 0.15) is 21.5 Å². The second-order valence-electron chi connectivity index (χ2n) is 8.49. The normalized spacial score (nSPS) is 12.2. The van der Waals surface area contributed by atoms with E-state index in [1.807, 2.05) is 30.3 Å². The molecule has 7 heteroatoms. The maximum Gasteiger partial charge on any atom is 0.254 e. The molecule has 35 heavy (non-hydrogen) atoms. The lowest BCUT2D eigenvalue weighted by Gasteiger charge is -2.24. The Morgan fingerprint density at radius 3 is 2.74 bits per heavy atom. The lowest BCUT2D eigenvalue weighted by atomic mass is 10.0. The van der Waals surface area contributed by atoms with Gasteiger partial charge in [-0.15, -0.1) is 0 Å². The van der Waals surface area contributed by atoms with E-state index in [0.717, 1.165) is 33.3 Å². The Hall–Kier alpha value is -3.61. The monoisotopic (exact) mass is 488 g/mol. The van der Waals surface area contributed by atoms with E-state index in [0.29, 0.717) is 41.8 Å². The predicted molar refractivity (Wildman–Crippen MR) is 136 cm³/mol. The molecule has 0 saturated carbocycles. The van der Waals surface area contributed by atoms with Crippen LogP contribution in [0.3, 0.4) is 0 Å². The van der Waals surface area contributed by atoms with Gasteiger partial charge in [0.2, 0.25) is 6.79 Å². The summed E-state index contributed by atoms with van der Waals surface area (Å²) in [5.74, 6) is 1.10. The molecule has 4 aromatic rings. The minimum Gasteiger partial charge on any atom is -0.454 e. The van der Waals surface area contributed by atoms with E-state index in [1.54, 1.807) is 30.2 Å². The average molecular weight is 489 g/mol. The zero-order chi connectivity index (χ0) is 24.4. The van der Waals surface area contributed by atoms with Crippen molar-refractivity contribution >= 4 is 28.4 Å². The molecule has 0 aliphatic carbocycles. The number of amides is 1. The van der Waals surface area contributed by atoms with Crippen LogP contribution in [-0.4, -0.2) is 42.8 Å². The van der Waals surface area contributed by atoms with Gasteiger partial charge in [-0.1, -0.05) is 41.4 Å². The molecular weight excluding hydrogens is 464 g/mol. The fourth-order valence-corrected chi connectivity index (χ4v) is 4.38. The molecule has 0 spiro atoms. The van der Waals surface area contributed by atoms with Crippen LogP contribution in [0.15, 0.2) is 66.7 Å². The molecule has 0 radical (unpaired) electrons. The fourth-order valence-electron chi connectivity index (χ4n) is 4.22. The third-order valence-electron chi connectivity index (χ3n) is 5.98. The molecule has 3 aromatic carbocycles. The van der Waals surface area contributed by atoms with E-state index >= 15 is 0 Å². The lowest BCUT2D eigenvalue weighted by molar-refractivity contribution is 0.0680. The second kappa shape index (κ2) is 9.94. The van der Waals surface area contributed by atoms with Gasteiger partial charge in [0.25, 0.3) is 5.91 Å². The standard InChI is InChI=1S/C28H25ClN2O4/c1-18-4-3-5-20(12-18)27-22(13-19-6-8-23(29)15-24(19)30-27)16-31(10-11-33-2)28(32)21-7-9-25-26(14-21)35-17-34-25/h3-9,12-15H,10-11,16-17H2,1-2H3. The molecular formula is C28H25ClN2O4. The van der Waals surface area contributed by atoms with Gasteiger partial charge in [0, 0.05) is 41.7 Å². The van der Waals surface area contributed by atoms with Gasteiger partial charge in [0.15, 0.2) is 11.5 Å². The quantitative estimate of drug-likeness (QED) is 0.325. The number of aryl methyl sites for hydroxylation is 1. The molecule has 1 aliphatic rings. The average Bonchev–Trinajstić information content (AvgIpc) is 3.34. The summed E-state index contributed by atoms with van der Waals surface area (Å²) in [5, 5.41) is 1.59. The molecule has 1 aliphatic heterocycles. The van der Waals surface area contributed by atoms with E-state index in [2.05, 4.69) is 25.1 Å². The van der Waals surface area contributed by atoms with Crippen molar-refractivity contribution in [2.75, 3.05) is 27.1 Å². The second-order valence-corrected chi connectivity index (χ2v) is 8.93. The third-order valence-corrected chi connectivity index (χ3v) is 6.22. The molecule has 1 amide bonds. The van der Waals surface area contributed by atoms with Crippen molar-refractivity contribution in [3.8, 4) is 22.8 Å². The maximum absolute atomic E-state index is 13.6. The Morgan fingerprint density at radius 1 is 1.06 bits per heavy atom. The number of ether oxygens (including phenoxy) is 3. The van der Waals surface area contributed by atoms with Gasteiger partial charge in [-0.2, -0.15) is 0 Å². The largest absolute Gasteiger partial charge is 0.454 e. The number of halogens is 1. The van der Waals surface area contributed by atoms with E-state index in [1.165, 1.54) is 0 Å². The number of benzene rings is 3. The number of nitrogens with zero attached hydrogens (tertiary/aromatic N) is 2. The van der Waals surface area contributed by atoms with Crippen LogP contribution in [0.2, 0.25) is 5.02 Å². The van der Waals surface area contributed by atoms with Crippen LogP contribution in [0.25, 0.3) is 22.2 Å². The Balaban J connectivity index is 1.56. The molecule has 0 bridgehead atoms. The maximum atomic E-state index is 13.6. The van der Waals surface area contributed by atoms with E-state index < -0.39 is 0 Å². The first-order valence-corrected chi connectivity index (χ1v) is 11.7. The summed E-state index contributed by atoms with van der Waals surface area (Å²) in [6.07, 6.45) is 0. The van der Waals surface area contributed by atoms with Gasteiger partial charge in [0.1, 0.15) is 0 Å². The fraction of sp³-hybridized carbons (Fsp3) is 0.214. The highest BCUT2D eigenvalue weighted by Crippen LogP contribution is 2.33. The van der Waals surface area contributed by atoms with Gasteiger partial charge in [-0.05, 0) is 55.0 Å². The van der Waals surface area contributed by atoms with Crippen LogP contribution in [0.5, 0.6) is 11.5 Å². The van der Waals surface area contributed by atoms with E-state index in [9.17, 15) is 4.79 Å². The van der Waals surface area contributed by atoms with Crippen molar-refractivity contribution < 1.29 is 19.0 Å². The first-order chi connectivity index (χ1) is 17.0. The summed E-state index contributed by atoms with van der Waals surface area (Å²) in [7, 11) is 1.63. The van der Waals surface area contributed by atoms with Crippen molar-refractivity contribution in [1.29, 1.82) is 0 Å². The zero-order valence-corrected chi connectivity index (χ0v) is 20.3.